The van der Waals surface area contributed by atoms with Crippen LogP contribution in [0.25, 0.3) is 0 Å². The summed E-state index contributed by atoms with van der Waals surface area (Å²) in [6.45, 7) is 8.21. The largest absolute Gasteiger partial charge is 0.207 e. The summed E-state index contributed by atoms with van der Waals surface area (Å²) >= 11 is 9.02. The first-order valence-electron chi connectivity index (χ1n) is 8.53. The monoisotopic (exact) mass is 404 g/mol. The van der Waals surface area contributed by atoms with Gasteiger partial charge < -0.3 is 0 Å². The molecule has 0 radical (unpaired) electrons. The summed E-state index contributed by atoms with van der Waals surface area (Å²) in [4.78, 5) is 1.83. The second-order valence-corrected chi connectivity index (χ2v) is 7.47. The first-order valence-corrected chi connectivity index (χ1v) is 10.9. The highest BCUT2D eigenvalue weighted by molar-refractivity contribution is 7.99. The van der Waals surface area contributed by atoms with Gasteiger partial charge in [0.05, 0.1) is 0 Å². The van der Waals surface area contributed by atoms with Crippen LogP contribution in [0.3, 0.4) is 0 Å². The van der Waals surface area contributed by atoms with Gasteiger partial charge in [0.1, 0.15) is 11.6 Å². The summed E-state index contributed by atoms with van der Waals surface area (Å²) in [5.41, 5.74) is 0. The Hall–Kier alpha value is -0.710. The normalized spacial score (nSPS) is 9.56. The van der Waals surface area contributed by atoms with Gasteiger partial charge in [0.2, 0.25) is 0 Å². The summed E-state index contributed by atoms with van der Waals surface area (Å²) in [5.74, 6) is 1.06. The lowest BCUT2D eigenvalue weighted by atomic mass is 10.3. The van der Waals surface area contributed by atoms with E-state index in [0.717, 1.165) is 23.3 Å². The predicted molar refractivity (Wildman–Crippen MR) is 111 cm³/mol. The Kier molecular flexibility index (Phi) is 15.1. The minimum atomic E-state index is -0.520. The maximum atomic E-state index is 12.9. The number of hydrogen-bond acceptors (Lipinski definition) is 2. The molecule has 0 saturated carbocycles. The van der Waals surface area contributed by atoms with Crippen molar-refractivity contribution in [2.75, 3.05) is 11.5 Å². The standard InChI is InChI=1S/C9H11ClS.C9H10F2S.C2H6/c1-2-7-11-9-5-3-8(10)4-6-9;1-2-5-12-9-4-3-7(10)6-8(9)11;1-2/h3-6H,2,7H2,1H3;3-4,6H,2,5H2,1H3;1-2H3. The van der Waals surface area contributed by atoms with Crippen molar-refractivity contribution in [3.8, 4) is 0 Å². The molecule has 0 saturated heterocycles. The van der Waals surface area contributed by atoms with Crippen molar-refractivity contribution in [1.29, 1.82) is 0 Å². The number of rotatable bonds is 6. The van der Waals surface area contributed by atoms with E-state index in [4.69, 9.17) is 11.6 Å². The van der Waals surface area contributed by atoms with E-state index in [9.17, 15) is 8.78 Å². The van der Waals surface area contributed by atoms with Gasteiger partial charge in [-0.25, -0.2) is 8.78 Å². The van der Waals surface area contributed by atoms with Crippen molar-refractivity contribution >= 4 is 35.1 Å². The highest BCUT2D eigenvalue weighted by Gasteiger charge is 2.02. The molecule has 0 heterocycles. The minimum absolute atomic E-state index is 0.464. The molecular formula is C20H27ClF2S2. The van der Waals surface area contributed by atoms with Crippen LogP contribution in [0.5, 0.6) is 0 Å². The van der Waals surface area contributed by atoms with Crippen LogP contribution in [0.4, 0.5) is 8.78 Å². The Morgan fingerprint density at radius 1 is 0.840 bits per heavy atom. The van der Waals surface area contributed by atoms with Gasteiger partial charge >= 0.3 is 0 Å². The maximum absolute atomic E-state index is 12.9. The van der Waals surface area contributed by atoms with Crippen LogP contribution >= 0.6 is 35.1 Å². The Morgan fingerprint density at radius 3 is 1.92 bits per heavy atom. The van der Waals surface area contributed by atoms with Crippen molar-refractivity contribution in [3.63, 3.8) is 0 Å². The van der Waals surface area contributed by atoms with Gasteiger partial charge in [-0.2, -0.15) is 0 Å². The lowest BCUT2D eigenvalue weighted by Crippen LogP contribution is -1.84. The van der Waals surface area contributed by atoms with Crippen molar-refractivity contribution in [3.05, 3.63) is 59.1 Å². The molecule has 0 aliphatic heterocycles. The van der Waals surface area contributed by atoms with Gasteiger partial charge in [-0.3, -0.25) is 0 Å². The van der Waals surface area contributed by atoms with Crippen LogP contribution in [-0.4, -0.2) is 11.5 Å². The zero-order chi connectivity index (χ0) is 19.1. The first kappa shape index (κ1) is 24.3. The fourth-order valence-corrected chi connectivity index (χ4v) is 3.23. The van der Waals surface area contributed by atoms with E-state index in [1.807, 2.05) is 44.7 Å². The number of hydrogen-bond donors (Lipinski definition) is 0. The van der Waals surface area contributed by atoms with E-state index in [0.29, 0.717) is 4.90 Å². The molecular weight excluding hydrogens is 378 g/mol. The molecule has 0 spiro atoms. The quantitative estimate of drug-likeness (QED) is 0.443. The topological polar surface area (TPSA) is 0 Å². The molecule has 0 bridgehead atoms. The minimum Gasteiger partial charge on any atom is -0.207 e. The fourth-order valence-electron chi connectivity index (χ4n) is 1.56. The second kappa shape index (κ2) is 15.5. The van der Waals surface area contributed by atoms with Crippen LogP contribution in [-0.2, 0) is 0 Å². The summed E-state index contributed by atoms with van der Waals surface area (Å²) in [6.07, 6.45) is 2.20. The van der Waals surface area contributed by atoms with Crippen LogP contribution < -0.4 is 0 Å². The van der Waals surface area contributed by atoms with E-state index in [2.05, 4.69) is 19.1 Å². The van der Waals surface area contributed by atoms with E-state index in [-0.39, 0.29) is 0 Å². The molecule has 0 N–H and O–H groups in total. The summed E-state index contributed by atoms with van der Waals surface area (Å²) in [7, 11) is 0. The number of halogens is 3. The second-order valence-electron chi connectivity index (χ2n) is 4.73. The highest BCUT2D eigenvalue weighted by Crippen LogP contribution is 2.22. The van der Waals surface area contributed by atoms with Crippen LogP contribution in [0.15, 0.2) is 52.3 Å². The molecule has 5 heteroatoms. The molecule has 0 atom stereocenters. The van der Waals surface area contributed by atoms with Crippen LogP contribution in [0, 0.1) is 11.6 Å². The SMILES string of the molecule is CC.CCCSc1ccc(Cl)cc1.CCCSc1ccc(F)cc1F. The molecule has 2 aromatic carbocycles. The van der Waals surface area contributed by atoms with Gasteiger partial charge in [-0.1, -0.05) is 39.3 Å². The lowest BCUT2D eigenvalue weighted by Gasteiger charge is -2.00. The van der Waals surface area contributed by atoms with Crippen LogP contribution in [0.1, 0.15) is 40.5 Å². The molecule has 25 heavy (non-hydrogen) atoms. The third-order valence-corrected chi connectivity index (χ3v) is 5.37. The van der Waals surface area contributed by atoms with Crippen molar-refractivity contribution < 1.29 is 8.78 Å². The molecule has 0 aliphatic carbocycles. The fraction of sp³-hybridized carbons (Fsp3) is 0.400. The highest BCUT2D eigenvalue weighted by atomic mass is 35.5. The average Bonchev–Trinajstić information content (AvgIpc) is 2.63. The smallest absolute Gasteiger partial charge is 0.139 e. The maximum Gasteiger partial charge on any atom is 0.139 e. The van der Waals surface area contributed by atoms with Gasteiger partial charge in [-0.15, -0.1) is 23.5 Å². The zero-order valence-corrected chi connectivity index (χ0v) is 17.7. The van der Waals surface area contributed by atoms with E-state index >= 15 is 0 Å². The van der Waals surface area contributed by atoms with Crippen molar-refractivity contribution in [2.45, 2.75) is 50.3 Å². The molecule has 2 aromatic rings. The van der Waals surface area contributed by atoms with Crippen molar-refractivity contribution in [2.24, 2.45) is 0 Å². The van der Waals surface area contributed by atoms with E-state index in [1.54, 1.807) is 0 Å². The molecule has 0 amide bonds. The Morgan fingerprint density at radius 2 is 1.40 bits per heavy atom. The van der Waals surface area contributed by atoms with Gasteiger partial charge in [0, 0.05) is 20.9 Å². The van der Waals surface area contributed by atoms with Crippen molar-refractivity contribution in [1.82, 2.24) is 0 Å². The molecule has 0 aliphatic rings. The summed E-state index contributed by atoms with van der Waals surface area (Å²) in [5, 5.41) is 0.811. The first-order chi connectivity index (χ1) is 12.1. The molecule has 140 valence electrons. The Bertz CT molecular complexity index is 574. The molecule has 2 rings (SSSR count). The lowest BCUT2D eigenvalue weighted by molar-refractivity contribution is 0.565. The van der Waals surface area contributed by atoms with Crippen LogP contribution in [0.2, 0.25) is 5.02 Å². The molecule has 0 nitrogen and oxygen atoms in total. The van der Waals surface area contributed by atoms with Gasteiger partial charge in [0.15, 0.2) is 0 Å². The third-order valence-electron chi connectivity index (χ3n) is 2.64. The molecule has 0 aromatic heterocycles. The number of thioether (sulfide) groups is 2. The van der Waals surface area contributed by atoms with E-state index in [1.165, 1.54) is 41.0 Å². The zero-order valence-electron chi connectivity index (χ0n) is 15.3. The number of benzene rings is 2. The third kappa shape index (κ3) is 11.5. The average molecular weight is 405 g/mol. The summed E-state index contributed by atoms with van der Waals surface area (Å²) in [6, 6.07) is 11.6. The predicted octanol–water partition coefficient (Wildman–Crippen LogP) is 8.34. The molecule has 0 unspecified atom stereocenters. The van der Waals surface area contributed by atoms with Gasteiger partial charge in [0.25, 0.3) is 0 Å². The Labute approximate surface area is 164 Å². The molecule has 0 fully saturated rings. The Balaban J connectivity index is 0.000000421. The van der Waals surface area contributed by atoms with E-state index < -0.39 is 11.6 Å². The summed E-state index contributed by atoms with van der Waals surface area (Å²) < 4.78 is 25.3. The van der Waals surface area contributed by atoms with Gasteiger partial charge in [-0.05, 0) is 60.7 Å².